The van der Waals surface area contributed by atoms with E-state index in [0.29, 0.717) is 56.7 Å². The lowest BCUT2D eigenvalue weighted by molar-refractivity contribution is -0.150. The first-order chi connectivity index (χ1) is 63.8. The highest BCUT2D eigenvalue weighted by Gasteiger charge is 2.47. The Hall–Kier alpha value is -13.9. The molecule has 0 aliphatic carbocycles. The van der Waals surface area contributed by atoms with Crippen LogP contribution in [-0.4, -0.2) is 327 Å². The van der Waals surface area contributed by atoms with Crippen LogP contribution in [0.1, 0.15) is 120 Å². The van der Waals surface area contributed by atoms with E-state index >= 15 is 33.6 Å². The van der Waals surface area contributed by atoms with Gasteiger partial charge in [-0.3, -0.25) is 91.1 Å². The number of likely N-dealkylation sites (N-methyl/N-ethyl adjacent to an activating group) is 3. The van der Waals surface area contributed by atoms with Crippen molar-refractivity contribution in [3.63, 3.8) is 0 Å². The Morgan fingerprint density at radius 3 is 1.75 bits per heavy atom. The van der Waals surface area contributed by atoms with Gasteiger partial charge in [0.05, 0.1) is 42.9 Å². The number of nitrogens with zero attached hydrogens (tertiary/aromatic N) is 6. The number of H-pyrrole nitrogens is 3. The van der Waals surface area contributed by atoms with Crippen molar-refractivity contribution in [2.45, 2.75) is 208 Å². The Morgan fingerprint density at radius 1 is 0.552 bits per heavy atom. The average Bonchev–Trinajstić information content (AvgIpc) is 1.57. The van der Waals surface area contributed by atoms with Gasteiger partial charge >= 0.3 is 11.9 Å². The van der Waals surface area contributed by atoms with E-state index < -0.39 is 285 Å². The number of hydrogen-bond donors (Lipinski definition) is 20. The van der Waals surface area contributed by atoms with Crippen molar-refractivity contribution >= 4 is 146 Å². The summed E-state index contributed by atoms with van der Waals surface area (Å²) in [5.74, 6) is -22.8. The number of hydrogen-bond acceptors (Lipinski definition) is 25. The summed E-state index contributed by atoms with van der Waals surface area (Å²) in [4.78, 5) is 292. The standard InChI is InChI=1S/C88H118N22O23S/c1-6-7-17-68-88(133)107(4)66(24-26-75(119)120)82(127)104-64(37-90)81(126)105-65(78(123)96-41-72(92)115)43-134-44-73(116)98-61(30-47-19-21-52(111)22-20-47)84(129)106(3)46(2)76(121)102-63(36-71(91)114)87(132)109-29-12-18-67(109)83(128)101-60(34-51-40-93-45-97-51)80(125)100-59(23-25-74(117)118)86(131)110-42-53(112)35-69(110)70(113)33-48(31-49-38-94-56-15-10-8-13-54(49)56)77(122)99-58(27-28-89)79(124)103-62(85(130)108(68)5)32-50-39-95-57-16-11-9-14-55(50)57/h8-11,13-16,19-22,38-40,45-46,48,53,58-69,94-95,111-112H,6-7,12,17-18,23-37,41-44,89-90H2,1-5H3,(H2,91,114)(H2,92,115)(H,93,97)(H,96,123)(H,98,116)(H,99,122)(H,100,125)(H,101,128)(H,102,121)(H,103,124)(H,104,127)(H,105,126)(H,117,118)(H,119,120)/t46-,48+,53+,58-,59-,60-,61-,62-,63-,64-,65-,66-,67-,68-,69-/m0/s1. The Morgan fingerprint density at radius 2 is 1.13 bits per heavy atom. The number of amides is 16. The van der Waals surface area contributed by atoms with Crippen LogP contribution in [-0.2, 0) is 117 Å². The minimum atomic E-state index is -1.83. The molecule has 16 amide bonds. The molecule has 0 radical (unpaired) electrons. The predicted octanol–water partition coefficient (Wildman–Crippen LogP) is -4.29. The molecule has 724 valence electrons. The summed E-state index contributed by atoms with van der Waals surface area (Å²) in [5, 5.41) is 66.0. The number of carboxylic acids is 2. The lowest BCUT2D eigenvalue weighted by atomic mass is 9.90. The van der Waals surface area contributed by atoms with E-state index in [0.717, 1.165) is 31.5 Å². The number of ketones is 1. The number of unbranched alkanes of at least 4 members (excludes halogenated alkanes) is 1. The van der Waals surface area contributed by atoms with Gasteiger partial charge in [0.1, 0.15) is 78.3 Å². The van der Waals surface area contributed by atoms with E-state index in [-0.39, 0.29) is 75.9 Å². The number of carboxylic acid groups (broad SMARTS) is 2. The summed E-state index contributed by atoms with van der Waals surface area (Å²) < 4.78 is 0. The fourth-order valence-electron chi connectivity index (χ4n) is 16.4. The van der Waals surface area contributed by atoms with Crippen LogP contribution in [0.2, 0.25) is 0 Å². The van der Waals surface area contributed by atoms with E-state index in [1.54, 1.807) is 67.8 Å². The van der Waals surface area contributed by atoms with E-state index in [1.165, 1.54) is 57.8 Å². The van der Waals surface area contributed by atoms with Crippen molar-refractivity contribution in [1.29, 1.82) is 0 Å². The number of phenols is 1. The first kappa shape index (κ1) is 104. The highest BCUT2D eigenvalue weighted by Crippen LogP contribution is 2.30. The lowest BCUT2D eigenvalue weighted by Crippen LogP contribution is -2.61. The number of nitrogens with one attached hydrogen (secondary N) is 12. The maximum Gasteiger partial charge on any atom is 0.303 e. The minimum absolute atomic E-state index is 0.0809. The maximum absolute atomic E-state index is 15.7. The summed E-state index contributed by atoms with van der Waals surface area (Å²) in [7, 11) is 3.60. The van der Waals surface area contributed by atoms with Gasteiger partial charge in [-0.1, -0.05) is 68.3 Å². The number of aromatic nitrogens is 4. The SMILES string of the molecule is CCCC[C@H]1C(=O)N(C)[C@@H](CCC(=O)O)C(=O)N[C@@H](CN)C(=O)N[C@H](C(=O)NCC(N)=O)CSCC(=O)N[C@@H](Cc2ccc(O)cc2)C(=O)N(C)[C@@H](C)C(=O)N[C@@H](CC(N)=O)C(=O)N2CCC[C@H]2C(=O)N[C@@H](Cc2c[nH]cn2)C(=O)N[C@@H](CCC(=O)O)C(=O)N2C[C@H](O)C[C@H]2C(=O)C[C@@H](Cc2c[nH]c3ccccc23)C(=O)N[C@@H](CCN)C(=O)N[C@@H](Cc2c[nH]c3ccccc23)C(=O)N1C. The number of para-hydroxylation sites is 2. The molecule has 9 rings (SSSR count). The molecular weight excluding hydrogens is 1770 g/mol. The number of nitrogens with two attached hydrogens (primary N) is 4. The summed E-state index contributed by atoms with van der Waals surface area (Å²) in [6, 6.07) is -2.11. The molecule has 3 aromatic heterocycles. The average molecular weight is 1880 g/mol. The third-order valence-corrected chi connectivity index (χ3v) is 24.9. The number of aliphatic hydroxyl groups excluding tert-OH is 1. The van der Waals surface area contributed by atoms with Crippen LogP contribution >= 0.6 is 11.8 Å². The van der Waals surface area contributed by atoms with Crippen LogP contribution in [0.25, 0.3) is 21.8 Å². The molecule has 15 atom stereocenters. The molecule has 3 aliphatic rings. The number of rotatable bonds is 25. The molecule has 0 bridgehead atoms. The largest absolute Gasteiger partial charge is 0.508 e. The smallest absolute Gasteiger partial charge is 0.303 e. The highest BCUT2D eigenvalue weighted by molar-refractivity contribution is 8.00. The molecule has 6 aromatic rings. The molecular formula is C88H118N22O23S. The number of fused-ring (bicyclic) bond motifs is 4. The zero-order chi connectivity index (χ0) is 97.9. The molecule has 134 heavy (non-hydrogen) atoms. The zero-order valence-electron chi connectivity index (χ0n) is 74.8. The predicted molar refractivity (Wildman–Crippen MR) is 482 cm³/mol. The van der Waals surface area contributed by atoms with E-state index in [4.69, 9.17) is 22.9 Å². The van der Waals surface area contributed by atoms with Crippen molar-refractivity contribution in [3.05, 3.63) is 120 Å². The van der Waals surface area contributed by atoms with Crippen molar-refractivity contribution in [2.75, 3.05) is 65.4 Å². The Balaban J connectivity index is 1.10. The summed E-state index contributed by atoms with van der Waals surface area (Å²) in [5.41, 5.74) is 26.2. The van der Waals surface area contributed by atoms with Crippen LogP contribution in [0.15, 0.2) is 97.7 Å². The quantitative estimate of drug-likeness (QED) is 0.0258. The number of carbonyl (C=O) groups excluding carboxylic acids is 17. The number of carbonyl (C=O) groups is 19. The number of primary amides is 2. The van der Waals surface area contributed by atoms with Crippen molar-refractivity contribution in [2.24, 2.45) is 28.9 Å². The Kier molecular flexibility index (Phi) is 38.0. The highest BCUT2D eigenvalue weighted by atomic mass is 32.2. The molecule has 0 spiro atoms. The summed E-state index contributed by atoms with van der Waals surface area (Å²) in [6.45, 7) is 0.506. The number of phenolic OH excluding ortho intramolecular Hbond substituents is 1. The van der Waals surface area contributed by atoms with Crippen LogP contribution in [0.4, 0.5) is 0 Å². The van der Waals surface area contributed by atoms with Gasteiger partial charge in [0.2, 0.25) is 94.5 Å². The van der Waals surface area contributed by atoms with Crippen molar-refractivity contribution in [1.82, 2.24) is 92.3 Å². The Bertz CT molecular complexity index is 5260. The number of imidazole rings is 1. The van der Waals surface area contributed by atoms with E-state index in [1.807, 2.05) is 0 Å². The minimum Gasteiger partial charge on any atom is -0.508 e. The van der Waals surface area contributed by atoms with Crippen molar-refractivity contribution < 1.29 is 112 Å². The molecule has 3 saturated heterocycles. The second kappa shape index (κ2) is 49.0. The van der Waals surface area contributed by atoms with Crippen LogP contribution in [0.5, 0.6) is 5.75 Å². The first-order valence-electron chi connectivity index (χ1n) is 43.9. The molecule has 0 unspecified atom stereocenters. The monoisotopic (exact) mass is 1880 g/mol. The fraction of sp³-hybridized carbons (Fsp3) is 0.500. The molecule has 46 heteroatoms. The maximum atomic E-state index is 15.7. The number of Topliss-reactive ketones (excluding diaryl/α,β-unsaturated/α-hetero) is 1. The molecule has 3 aromatic carbocycles. The number of aliphatic carboxylic acids is 2. The van der Waals surface area contributed by atoms with Gasteiger partial charge in [-0.15, -0.1) is 11.8 Å². The number of aromatic amines is 3. The topological polar surface area (TPSA) is 694 Å². The number of aromatic hydroxyl groups is 1. The fourth-order valence-corrected chi connectivity index (χ4v) is 17.3. The number of benzene rings is 3. The number of thioether (sulfide) groups is 1. The van der Waals surface area contributed by atoms with Crippen LogP contribution in [0.3, 0.4) is 0 Å². The molecule has 6 heterocycles. The van der Waals surface area contributed by atoms with Gasteiger partial charge in [0, 0.05) is 138 Å². The lowest BCUT2D eigenvalue weighted by Gasteiger charge is -2.36. The second-order valence-electron chi connectivity index (χ2n) is 33.5. The second-order valence-corrected chi connectivity index (χ2v) is 34.5. The molecule has 24 N–H and O–H groups in total. The molecule has 3 aliphatic heterocycles. The van der Waals surface area contributed by atoms with Crippen LogP contribution < -0.4 is 70.8 Å². The van der Waals surface area contributed by atoms with Gasteiger partial charge in [-0.25, -0.2) is 4.98 Å². The van der Waals surface area contributed by atoms with E-state index in [9.17, 15) is 78.0 Å². The Labute approximate surface area is 773 Å². The first-order valence-corrected chi connectivity index (χ1v) is 45.1. The normalized spacial score (nSPS) is 24.9. The summed E-state index contributed by atoms with van der Waals surface area (Å²) in [6.07, 6.45) is -1.39. The zero-order valence-corrected chi connectivity index (χ0v) is 75.6. The van der Waals surface area contributed by atoms with Gasteiger partial charge in [0.25, 0.3) is 0 Å². The third-order valence-electron chi connectivity index (χ3n) is 23.9. The molecule has 3 fully saturated rings. The number of aliphatic hydroxyl groups is 1. The molecule has 45 nitrogen and oxygen atoms in total. The van der Waals surface area contributed by atoms with Gasteiger partial charge in [-0.05, 0) is 99.4 Å². The summed E-state index contributed by atoms with van der Waals surface area (Å²) >= 11 is 0.696. The van der Waals surface area contributed by atoms with E-state index in [2.05, 4.69) is 67.8 Å². The van der Waals surface area contributed by atoms with Gasteiger partial charge in [-0.2, -0.15) is 0 Å². The van der Waals surface area contributed by atoms with Crippen LogP contribution in [0, 0.1) is 5.92 Å². The van der Waals surface area contributed by atoms with Gasteiger partial charge < -0.3 is 131 Å². The van der Waals surface area contributed by atoms with Gasteiger partial charge in [0.15, 0.2) is 5.78 Å². The third kappa shape index (κ3) is 28.3. The molecule has 0 saturated carbocycles. The van der Waals surface area contributed by atoms with Crippen molar-refractivity contribution in [3.8, 4) is 5.75 Å².